The Kier molecular flexibility index (Phi) is 4.84. The monoisotopic (exact) mass is 407 g/mol. The van der Waals surface area contributed by atoms with Crippen LogP contribution in [0.5, 0.6) is 0 Å². The molecule has 0 aliphatic carbocycles. The minimum atomic E-state index is -3.74. The molecule has 0 spiro atoms. The van der Waals surface area contributed by atoms with Crippen LogP contribution in [0.3, 0.4) is 0 Å². The Labute approximate surface area is 169 Å². The van der Waals surface area contributed by atoms with Gasteiger partial charge in [-0.05, 0) is 50.1 Å². The number of aryl methyl sites for hydroxylation is 3. The maximum absolute atomic E-state index is 13.2. The molecule has 0 saturated carbocycles. The van der Waals surface area contributed by atoms with E-state index >= 15 is 0 Å². The summed E-state index contributed by atoms with van der Waals surface area (Å²) in [6, 6.07) is 15.3. The van der Waals surface area contributed by atoms with E-state index in [-0.39, 0.29) is 10.9 Å². The molecule has 0 radical (unpaired) electrons. The predicted octanol–water partition coefficient (Wildman–Crippen LogP) is 4.43. The summed E-state index contributed by atoms with van der Waals surface area (Å²) in [6.45, 7) is 5.64. The van der Waals surface area contributed by atoms with Crippen molar-refractivity contribution >= 4 is 9.84 Å². The fraction of sp³-hybridized carbons (Fsp3) is 0.182. The lowest BCUT2D eigenvalue weighted by Crippen LogP contribution is -2.13. The third kappa shape index (κ3) is 3.73. The van der Waals surface area contributed by atoms with Crippen LogP contribution in [0, 0.1) is 20.8 Å². The molecule has 0 N–H and O–H groups in total. The minimum Gasteiger partial charge on any atom is -0.441 e. The summed E-state index contributed by atoms with van der Waals surface area (Å²) in [5.41, 5.74) is 4.00. The van der Waals surface area contributed by atoms with E-state index in [9.17, 15) is 8.42 Å². The fourth-order valence-electron chi connectivity index (χ4n) is 3.19. The molecule has 0 amide bonds. The van der Waals surface area contributed by atoms with Gasteiger partial charge in [0.15, 0.2) is 0 Å². The summed E-state index contributed by atoms with van der Waals surface area (Å²) in [7, 11) is -3.74. The van der Waals surface area contributed by atoms with Crippen LogP contribution in [0.25, 0.3) is 17.1 Å². The van der Waals surface area contributed by atoms with Crippen LogP contribution in [-0.4, -0.2) is 23.0 Å². The lowest BCUT2D eigenvalue weighted by molar-refractivity contribution is 0.539. The van der Waals surface area contributed by atoms with Gasteiger partial charge in [-0.1, -0.05) is 30.3 Å². The molecule has 2 aromatic heterocycles. The second-order valence-electron chi connectivity index (χ2n) is 7.02. The second-order valence-corrected chi connectivity index (χ2v) is 8.90. The van der Waals surface area contributed by atoms with E-state index < -0.39 is 9.84 Å². The third-order valence-corrected chi connectivity index (χ3v) is 6.26. The first kappa shape index (κ1) is 19.1. The number of hydrogen-bond donors (Lipinski definition) is 0. The van der Waals surface area contributed by atoms with Crippen molar-refractivity contribution in [3.05, 3.63) is 83.5 Å². The van der Waals surface area contributed by atoms with E-state index in [2.05, 4.69) is 9.97 Å². The Hall–Kier alpha value is -3.19. The number of imidazole rings is 1. The number of nitrogens with zero attached hydrogens (tertiary/aromatic N) is 3. The smallest absolute Gasteiger partial charge is 0.232 e. The zero-order valence-corrected chi connectivity index (χ0v) is 17.3. The van der Waals surface area contributed by atoms with Gasteiger partial charge < -0.3 is 4.42 Å². The number of hydrogen-bond acceptors (Lipinski definition) is 5. The van der Waals surface area contributed by atoms with Crippen molar-refractivity contribution in [3.8, 4) is 17.1 Å². The summed E-state index contributed by atoms with van der Waals surface area (Å²) >= 11 is 0. The van der Waals surface area contributed by atoms with E-state index in [0.717, 1.165) is 22.4 Å². The fourth-order valence-corrected chi connectivity index (χ4v) is 4.63. The van der Waals surface area contributed by atoms with Gasteiger partial charge in [-0.25, -0.2) is 18.4 Å². The van der Waals surface area contributed by atoms with Crippen molar-refractivity contribution in [1.29, 1.82) is 0 Å². The average Bonchev–Trinajstić information content (AvgIpc) is 3.32. The highest BCUT2D eigenvalue weighted by Gasteiger charge is 2.26. The van der Waals surface area contributed by atoms with Crippen LogP contribution in [-0.2, 0) is 15.6 Å². The van der Waals surface area contributed by atoms with Gasteiger partial charge in [0.2, 0.25) is 20.9 Å². The van der Waals surface area contributed by atoms with Gasteiger partial charge in [-0.2, -0.15) is 0 Å². The highest BCUT2D eigenvalue weighted by Crippen LogP contribution is 2.26. The molecule has 0 aliphatic heterocycles. The molecule has 148 valence electrons. The second kappa shape index (κ2) is 7.33. The molecule has 0 saturated heterocycles. The SMILES string of the molecule is Cc1ccc(C)c(-n2ccnc2S(=O)(=O)Cc2nc(-c3ccccc3)oc2C)c1. The zero-order chi connectivity index (χ0) is 20.6. The van der Waals surface area contributed by atoms with Gasteiger partial charge in [0.05, 0.1) is 11.4 Å². The zero-order valence-electron chi connectivity index (χ0n) is 16.5. The molecule has 0 fully saturated rings. The molecule has 4 rings (SSSR count). The Balaban J connectivity index is 1.71. The summed E-state index contributed by atoms with van der Waals surface area (Å²) in [5, 5.41) is -0.00476. The highest BCUT2D eigenvalue weighted by molar-refractivity contribution is 7.90. The number of rotatable bonds is 5. The van der Waals surface area contributed by atoms with Crippen molar-refractivity contribution in [1.82, 2.24) is 14.5 Å². The molecule has 0 aliphatic rings. The van der Waals surface area contributed by atoms with Gasteiger partial charge in [-0.15, -0.1) is 0 Å². The molecular weight excluding hydrogens is 386 g/mol. The van der Waals surface area contributed by atoms with Gasteiger partial charge in [0.25, 0.3) is 0 Å². The summed E-state index contributed by atoms with van der Waals surface area (Å²) < 4.78 is 33.7. The highest BCUT2D eigenvalue weighted by atomic mass is 32.2. The Morgan fingerprint density at radius 2 is 1.79 bits per heavy atom. The molecule has 4 aromatic rings. The van der Waals surface area contributed by atoms with Gasteiger partial charge in [-0.3, -0.25) is 4.57 Å². The van der Waals surface area contributed by atoms with Crippen molar-refractivity contribution in [2.24, 2.45) is 0 Å². The predicted molar refractivity (Wildman–Crippen MR) is 111 cm³/mol. The van der Waals surface area contributed by atoms with E-state index in [4.69, 9.17) is 4.42 Å². The summed E-state index contributed by atoms with van der Waals surface area (Å²) in [5.74, 6) is 0.611. The summed E-state index contributed by atoms with van der Waals surface area (Å²) in [4.78, 5) is 8.57. The first-order valence-electron chi connectivity index (χ1n) is 9.20. The number of aromatic nitrogens is 3. The normalized spacial score (nSPS) is 11.7. The van der Waals surface area contributed by atoms with Gasteiger partial charge >= 0.3 is 0 Å². The van der Waals surface area contributed by atoms with Crippen molar-refractivity contribution in [2.45, 2.75) is 31.7 Å². The Morgan fingerprint density at radius 3 is 2.55 bits per heavy atom. The topological polar surface area (TPSA) is 78.0 Å². The first-order valence-corrected chi connectivity index (χ1v) is 10.9. The maximum Gasteiger partial charge on any atom is 0.232 e. The molecule has 7 heteroatoms. The van der Waals surface area contributed by atoms with E-state index in [1.54, 1.807) is 17.7 Å². The van der Waals surface area contributed by atoms with Crippen LogP contribution in [0.1, 0.15) is 22.6 Å². The van der Waals surface area contributed by atoms with Crippen molar-refractivity contribution in [3.63, 3.8) is 0 Å². The molecule has 2 heterocycles. The van der Waals surface area contributed by atoms with Crippen LogP contribution < -0.4 is 0 Å². The quantitative estimate of drug-likeness (QED) is 0.489. The van der Waals surface area contributed by atoms with E-state index in [0.29, 0.717) is 17.3 Å². The van der Waals surface area contributed by atoms with Crippen LogP contribution in [0.4, 0.5) is 0 Å². The maximum atomic E-state index is 13.2. The lowest BCUT2D eigenvalue weighted by atomic mass is 10.1. The largest absolute Gasteiger partial charge is 0.441 e. The molecule has 0 bridgehead atoms. The van der Waals surface area contributed by atoms with Gasteiger partial charge in [0.1, 0.15) is 11.5 Å². The lowest BCUT2D eigenvalue weighted by Gasteiger charge is -2.11. The minimum absolute atomic E-state index is 0.00476. The molecule has 2 aromatic carbocycles. The first-order chi connectivity index (χ1) is 13.8. The van der Waals surface area contributed by atoms with Crippen molar-refractivity contribution < 1.29 is 12.8 Å². The summed E-state index contributed by atoms with van der Waals surface area (Å²) in [6.07, 6.45) is 3.17. The number of oxazole rings is 1. The average molecular weight is 407 g/mol. The van der Waals surface area contributed by atoms with E-state index in [1.165, 1.54) is 6.20 Å². The number of benzene rings is 2. The van der Waals surface area contributed by atoms with Crippen LogP contribution in [0.15, 0.2) is 70.5 Å². The Morgan fingerprint density at radius 1 is 1.03 bits per heavy atom. The molecule has 0 atom stereocenters. The van der Waals surface area contributed by atoms with E-state index in [1.807, 2.05) is 62.4 Å². The third-order valence-electron chi connectivity index (χ3n) is 4.75. The molecular formula is C22H21N3O3S. The molecule has 6 nitrogen and oxygen atoms in total. The van der Waals surface area contributed by atoms with Crippen molar-refractivity contribution in [2.75, 3.05) is 0 Å². The van der Waals surface area contributed by atoms with Gasteiger partial charge in [0, 0.05) is 18.0 Å². The molecule has 29 heavy (non-hydrogen) atoms. The Bertz CT molecular complexity index is 1270. The van der Waals surface area contributed by atoms with Crippen LogP contribution in [0.2, 0.25) is 0 Å². The number of sulfone groups is 1. The molecule has 0 unspecified atom stereocenters. The van der Waals surface area contributed by atoms with Crippen LogP contribution >= 0.6 is 0 Å². The standard InChI is InChI=1S/C22H21N3O3S/c1-15-9-10-16(2)20(13-15)25-12-11-23-22(25)29(26,27)14-19-17(3)28-21(24-19)18-7-5-4-6-8-18/h4-13H,14H2,1-3H3.